The highest BCUT2D eigenvalue weighted by Gasteiger charge is 2.18. The van der Waals surface area contributed by atoms with Crippen molar-refractivity contribution in [2.45, 2.75) is 31.8 Å². The number of hydrogen-bond donors (Lipinski definition) is 0. The Morgan fingerprint density at radius 1 is 1.23 bits per heavy atom. The molecular weight excluding hydrogens is 160 g/mol. The van der Waals surface area contributed by atoms with Crippen molar-refractivity contribution in [2.75, 3.05) is 13.6 Å². The molecule has 1 fully saturated rings. The van der Waals surface area contributed by atoms with Crippen molar-refractivity contribution in [2.24, 2.45) is 0 Å². The SMILES string of the molecule is CN1CCCCC1Cn1cccc1. The van der Waals surface area contributed by atoms with Gasteiger partial charge < -0.3 is 9.47 Å². The van der Waals surface area contributed by atoms with Gasteiger partial charge in [0.1, 0.15) is 0 Å². The number of nitrogens with zero attached hydrogens (tertiary/aromatic N) is 2. The van der Waals surface area contributed by atoms with E-state index < -0.39 is 0 Å². The third kappa shape index (κ3) is 2.13. The van der Waals surface area contributed by atoms with Crippen LogP contribution in [-0.4, -0.2) is 29.1 Å². The summed E-state index contributed by atoms with van der Waals surface area (Å²) in [5.41, 5.74) is 0. The minimum absolute atomic E-state index is 0.751. The van der Waals surface area contributed by atoms with Gasteiger partial charge in [0.15, 0.2) is 0 Å². The molecule has 2 nitrogen and oxygen atoms in total. The molecule has 1 saturated heterocycles. The summed E-state index contributed by atoms with van der Waals surface area (Å²) >= 11 is 0. The molecule has 1 aromatic rings. The minimum atomic E-state index is 0.751. The molecule has 72 valence electrons. The third-order valence-electron chi connectivity index (χ3n) is 3.01. The molecule has 0 N–H and O–H groups in total. The second-order valence-electron chi connectivity index (χ2n) is 4.01. The van der Waals surface area contributed by atoms with Gasteiger partial charge in [0, 0.05) is 25.0 Å². The zero-order valence-electron chi connectivity index (χ0n) is 8.32. The normalized spacial score (nSPS) is 24.8. The van der Waals surface area contributed by atoms with Crippen LogP contribution in [0.25, 0.3) is 0 Å². The van der Waals surface area contributed by atoms with E-state index in [0.29, 0.717) is 0 Å². The Hall–Kier alpha value is -0.760. The Balaban J connectivity index is 1.93. The molecule has 0 spiro atoms. The third-order valence-corrected chi connectivity index (χ3v) is 3.01. The first-order valence-electron chi connectivity index (χ1n) is 5.17. The first-order chi connectivity index (χ1) is 6.36. The van der Waals surface area contributed by atoms with Crippen LogP contribution in [0.4, 0.5) is 0 Å². The van der Waals surface area contributed by atoms with Gasteiger partial charge in [-0.15, -0.1) is 0 Å². The predicted molar refractivity (Wildman–Crippen MR) is 54.7 cm³/mol. The van der Waals surface area contributed by atoms with Crippen molar-refractivity contribution >= 4 is 0 Å². The van der Waals surface area contributed by atoms with Crippen molar-refractivity contribution in [3.8, 4) is 0 Å². The van der Waals surface area contributed by atoms with Crippen LogP contribution in [0.3, 0.4) is 0 Å². The number of aromatic nitrogens is 1. The highest BCUT2D eigenvalue weighted by molar-refractivity contribution is 4.91. The van der Waals surface area contributed by atoms with Crippen LogP contribution in [-0.2, 0) is 6.54 Å². The Morgan fingerprint density at radius 2 is 2.00 bits per heavy atom. The quantitative estimate of drug-likeness (QED) is 0.672. The summed E-state index contributed by atoms with van der Waals surface area (Å²) in [6.07, 6.45) is 8.44. The van der Waals surface area contributed by atoms with Crippen LogP contribution in [0.1, 0.15) is 19.3 Å². The monoisotopic (exact) mass is 178 g/mol. The van der Waals surface area contributed by atoms with Gasteiger partial charge in [0.25, 0.3) is 0 Å². The van der Waals surface area contributed by atoms with Crippen molar-refractivity contribution in [1.82, 2.24) is 9.47 Å². The van der Waals surface area contributed by atoms with Crippen LogP contribution in [0.2, 0.25) is 0 Å². The molecule has 1 aromatic heterocycles. The topological polar surface area (TPSA) is 8.17 Å². The van der Waals surface area contributed by atoms with Crippen molar-refractivity contribution in [3.63, 3.8) is 0 Å². The number of rotatable bonds is 2. The van der Waals surface area contributed by atoms with Gasteiger partial charge in [-0.1, -0.05) is 6.42 Å². The van der Waals surface area contributed by atoms with Crippen LogP contribution in [0.15, 0.2) is 24.5 Å². The first-order valence-corrected chi connectivity index (χ1v) is 5.17. The maximum Gasteiger partial charge on any atom is 0.0375 e. The fourth-order valence-corrected chi connectivity index (χ4v) is 2.11. The standard InChI is InChI=1S/C11H18N2/c1-12-7-3-2-6-11(12)10-13-8-4-5-9-13/h4-5,8-9,11H,2-3,6-7,10H2,1H3. The molecule has 0 aromatic carbocycles. The van der Waals surface area contributed by atoms with E-state index in [1.54, 1.807) is 0 Å². The Labute approximate surface area is 80.2 Å². The number of likely N-dealkylation sites (N-methyl/N-ethyl adjacent to an activating group) is 1. The van der Waals surface area contributed by atoms with Crippen molar-refractivity contribution in [3.05, 3.63) is 24.5 Å². The maximum atomic E-state index is 2.49. The van der Waals surface area contributed by atoms with Gasteiger partial charge >= 0.3 is 0 Å². The second kappa shape index (κ2) is 3.97. The van der Waals surface area contributed by atoms with E-state index >= 15 is 0 Å². The summed E-state index contributed by atoms with van der Waals surface area (Å²) < 4.78 is 2.28. The zero-order chi connectivity index (χ0) is 9.10. The van der Waals surface area contributed by atoms with Gasteiger partial charge in [-0.25, -0.2) is 0 Å². The molecule has 1 unspecified atom stereocenters. The van der Waals surface area contributed by atoms with Crippen LogP contribution < -0.4 is 0 Å². The molecule has 13 heavy (non-hydrogen) atoms. The van der Waals surface area contributed by atoms with E-state index in [4.69, 9.17) is 0 Å². The van der Waals surface area contributed by atoms with Crippen LogP contribution >= 0.6 is 0 Å². The summed E-state index contributed by atoms with van der Waals surface area (Å²) in [5.74, 6) is 0. The number of hydrogen-bond acceptors (Lipinski definition) is 1. The predicted octanol–water partition coefficient (Wildman–Crippen LogP) is 1.97. The molecule has 0 saturated carbocycles. The Bertz CT molecular complexity index is 241. The molecule has 0 aliphatic carbocycles. The Morgan fingerprint density at radius 3 is 2.69 bits per heavy atom. The van der Waals surface area contributed by atoms with Gasteiger partial charge in [-0.05, 0) is 38.6 Å². The Kier molecular flexibility index (Phi) is 2.69. The lowest BCUT2D eigenvalue weighted by atomic mass is 10.0. The molecule has 2 heterocycles. The minimum Gasteiger partial charge on any atom is -0.353 e. The van der Waals surface area contributed by atoms with E-state index in [-0.39, 0.29) is 0 Å². The molecule has 1 atom stereocenters. The van der Waals surface area contributed by atoms with Crippen LogP contribution in [0, 0.1) is 0 Å². The molecule has 2 rings (SSSR count). The summed E-state index contributed by atoms with van der Waals surface area (Å²) in [4.78, 5) is 2.49. The van der Waals surface area contributed by atoms with Crippen molar-refractivity contribution < 1.29 is 0 Å². The smallest absolute Gasteiger partial charge is 0.0375 e. The largest absolute Gasteiger partial charge is 0.353 e. The average Bonchev–Trinajstić information content (AvgIpc) is 2.61. The molecule has 0 amide bonds. The molecule has 1 aliphatic heterocycles. The van der Waals surface area contributed by atoms with E-state index in [1.165, 1.54) is 25.8 Å². The lowest BCUT2D eigenvalue weighted by Gasteiger charge is -2.32. The zero-order valence-corrected chi connectivity index (χ0v) is 8.32. The molecule has 1 aliphatic rings. The van der Waals surface area contributed by atoms with Gasteiger partial charge in [0.05, 0.1) is 0 Å². The highest BCUT2D eigenvalue weighted by atomic mass is 15.2. The lowest BCUT2D eigenvalue weighted by Crippen LogP contribution is -2.38. The van der Waals surface area contributed by atoms with E-state index in [0.717, 1.165) is 12.6 Å². The van der Waals surface area contributed by atoms with Crippen LogP contribution in [0.5, 0.6) is 0 Å². The number of likely N-dealkylation sites (tertiary alicyclic amines) is 1. The molecule has 0 radical (unpaired) electrons. The summed E-state index contributed by atoms with van der Waals surface area (Å²) in [5, 5.41) is 0. The maximum absolute atomic E-state index is 2.49. The molecular formula is C11H18N2. The van der Waals surface area contributed by atoms with Crippen molar-refractivity contribution in [1.29, 1.82) is 0 Å². The molecule has 0 bridgehead atoms. The molecule has 2 heteroatoms. The summed E-state index contributed by atoms with van der Waals surface area (Å²) in [7, 11) is 2.24. The van der Waals surface area contributed by atoms with Gasteiger partial charge in [-0.2, -0.15) is 0 Å². The second-order valence-corrected chi connectivity index (χ2v) is 4.01. The summed E-state index contributed by atoms with van der Waals surface area (Å²) in [6, 6.07) is 4.95. The van der Waals surface area contributed by atoms with Gasteiger partial charge in [-0.3, -0.25) is 0 Å². The van der Waals surface area contributed by atoms with Gasteiger partial charge in [0.2, 0.25) is 0 Å². The highest BCUT2D eigenvalue weighted by Crippen LogP contribution is 2.16. The fourth-order valence-electron chi connectivity index (χ4n) is 2.11. The summed E-state index contributed by atoms with van der Waals surface area (Å²) in [6.45, 7) is 2.43. The van der Waals surface area contributed by atoms with E-state index in [9.17, 15) is 0 Å². The number of piperidine rings is 1. The van der Waals surface area contributed by atoms with E-state index in [1.807, 2.05) is 0 Å². The fraction of sp³-hybridized carbons (Fsp3) is 0.636. The lowest BCUT2D eigenvalue weighted by molar-refractivity contribution is 0.167. The first kappa shape index (κ1) is 8.82. The average molecular weight is 178 g/mol. The van der Waals surface area contributed by atoms with E-state index in [2.05, 4.69) is 41.0 Å².